The van der Waals surface area contributed by atoms with Crippen LogP contribution in [0.2, 0.25) is 0 Å². The lowest BCUT2D eigenvalue weighted by molar-refractivity contribution is 0.159. The number of likely N-dealkylation sites (N-methyl/N-ethyl adjacent to an activating group) is 1. The Bertz CT molecular complexity index is 340. The molecule has 0 aliphatic carbocycles. The summed E-state index contributed by atoms with van der Waals surface area (Å²) >= 11 is 0. The zero-order valence-electron chi connectivity index (χ0n) is 10.1. The summed E-state index contributed by atoms with van der Waals surface area (Å²) in [6.45, 7) is 3.94. The summed E-state index contributed by atoms with van der Waals surface area (Å²) in [4.78, 5) is 2.33. The lowest BCUT2D eigenvalue weighted by Gasteiger charge is -2.20. The van der Waals surface area contributed by atoms with Crippen LogP contribution in [-0.4, -0.2) is 45.3 Å². The minimum Gasteiger partial charge on any atom is -0.384 e. The number of fused-ring (bicyclic) bond motifs is 1. The summed E-state index contributed by atoms with van der Waals surface area (Å²) in [5.74, 6) is 0.609. The fourth-order valence-corrected chi connectivity index (χ4v) is 2.23. The van der Waals surface area contributed by atoms with Gasteiger partial charge in [-0.1, -0.05) is 18.2 Å². The van der Waals surface area contributed by atoms with Crippen LogP contribution in [0.3, 0.4) is 0 Å². The van der Waals surface area contributed by atoms with Crippen LogP contribution in [0.5, 0.6) is 0 Å². The maximum atomic E-state index is 5.09. The van der Waals surface area contributed by atoms with Crippen molar-refractivity contribution in [1.82, 2.24) is 4.90 Å². The number of para-hydroxylation sites is 1. The molecular formula is C13H20N2O. The number of benzene rings is 1. The molecule has 0 saturated heterocycles. The lowest BCUT2D eigenvalue weighted by Crippen LogP contribution is -2.28. The second-order valence-electron chi connectivity index (χ2n) is 4.42. The number of rotatable bonds is 5. The van der Waals surface area contributed by atoms with E-state index in [0.717, 1.165) is 26.2 Å². The van der Waals surface area contributed by atoms with Gasteiger partial charge in [-0.2, -0.15) is 0 Å². The first-order chi connectivity index (χ1) is 7.81. The molecule has 16 heavy (non-hydrogen) atoms. The highest BCUT2D eigenvalue weighted by Crippen LogP contribution is 2.31. The van der Waals surface area contributed by atoms with Crippen molar-refractivity contribution in [2.45, 2.75) is 5.92 Å². The second-order valence-corrected chi connectivity index (χ2v) is 4.42. The Kier molecular flexibility index (Phi) is 3.80. The minimum absolute atomic E-state index is 0.609. The zero-order chi connectivity index (χ0) is 11.4. The number of nitrogens with zero attached hydrogens (tertiary/aromatic N) is 1. The molecule has 1 aromatic carbocycles. The zero-order valence-corrected chi connectivity index (χ0v) is 10.1. The molecule has 0 radical (unpaired) electrons. The molecule has 1 aliphatic rings. The molecule has 0 spiro atoms. The molecule has 0 saturated carbocycles. The topological polar surface area (TPSA) is 24.5 Å². The van der Waals surface area contributed by atoms with Crippen LogP contribution in [0.4, 0.5) is 5.69 Å². The third-order valence-electron chi connectivity index (χ3n) is 3.15. The van der Waals surface area contributed by atoms with Crippen molar-refractivity contribution in [3.05, 3.63) is 29.8 Å². The van der Waals surface area contributed by atoms with Crippen LogP contribution in [-0.2, 0) is 4.74 Å². The first-order valence-electron chi connectivity index (χ1n) is 5.81. The smallest absolute Gasteiger partial charge is 0.0589 e. The number of anilines is 1. The van der Waals surface area contributed by atoms with Gasteiger partial charge in [-0.3, -0.25) is 0 Å². The number of nitrogens with one attached hydrogen (secondary N) is 1. The van der Waals surface area contributed by atoms with E-state index in [-0.39, 0.29) is 0 Å². The van der Waals surface area contributed by atoms with Gasteiger partial charge < -0.3 is 15.0 Å². The van der Waals surface area contributed by atoms with Crippen molar-refractivity contribution < 1.29 is 4.74 Å². The fraction of sp³-hybridized carbons (Fsp3) is 0.538. The van der Waals surface area contributed by atoms with E-state index in [0.29, 0.717) is 5.92 Å². The van der Waals surface area contributed by atoms with Crippen molar-refractivity contribution in [2.24, 2.45) is 0 Å². The van der Waals surface area contributed by atoms with E-state index in [9.17, 15) is 0 Å². The van der Waals surface area contributed by atoms with E-state index in [4.69, 9.17) is 4.74 Å². The van der Waals surface area contributed by atoms with Gasteiger partial charge in [0, 0.05) is 38.3 Å². The normalized spacial score (nSPS) is 18.6. The van der Waals surface area contributed by atoms with Gasteiger partial charge in [0.1, 0.15) is 0 Å². The maximum absolute atomic E-state index is 5.09. The summed E-state index contributed by atoms with van der Waals surface area (Å²) in [6.07, 6.45) is 0. The van der Waals surface area contributed by atoms with Gasteiger partial charge in [-0.15, -0.1) is 0 Å². The third kappa shape index (κ3) is 2.54. The van der Waals surface area contributed by atoms with E-state index >= 15 is 0 Å². The Hall–Kier alpha value is -1.06. The van der Waals surface area contributed by atoms with Crippen LogP contribution in [0.15, 0.2) is 24.3 Å². The summed E-state index contributed by atoms with van der Waals surface area (Å²) in [5, 5.41) is 3.45. The van der Waals surface area contributed by atoms with Crippen molar-refractivity contribution in [2.75, 3.05) is 45.7 Å². The molecule has 0 aromatic heterocycles. The molecule has 1 heterocycles. The molecule has 0 bridgehead atoms. The first kappa shape index (κ1) is 11.4. The molecule has 2 rings (SSSR count). The Morgan fingerprint density at radius 1 is 1.44 bits per heavy atom. The van der Waals surface area contributed by atoms with Crippen LogP contribution < -0.4 is 5.32 Å². The Morgan fingerprint density at radius 2 is 2.25 bits per heavy atom. The largest absolute Gasteiger partial charge is 0.384 e. The van der Waals surface area contributed by atoms with Gasteiger partial charge in [0.15, 0.2) is 0 Å². The predicted molar refractivity (Wildman–Crippen MR) is 67.0 cm³/mol. The monoisotopic (exact) mass is 220 g/mol. The van der Waals surface area contributed by atoms with E-state index in [1.165, 1.54) is 11.3 Å². The minimum atomic E-state index is 0.609. The van der Waals surface area contributed by atoms with E-state index in [2.05, 4.69) is 41.5 Å². The summed E-state index contributed by atoms with van der Waals surface area (Å²) in [7, 11) is 3.90. The fourth-order valence-electron chi connectivity index (χ4n) is 2.23. The molecule has 3 nitrogen and oxygen atoms in total. The number of ether oxygens (including phenoxy) is 1. The molecule has 1 aliphatic heterocycles. The molecular weight excluding hydrogens is 200 g/mol. The molecule has 0 fully saturated rings. The van der Waals surface area contributed by atoms with Gasteiger partial charge in [0.25, 0.3) is 0 Å². The highest BCUT2D eigenvalue weighted by atomic mass is 16.5. The highest BCUT2D eigenvalue weighted by molar-refractivity contribution is 5.57. The third-order valence-corrected chi connectivity index (χ3v) is 3.15. The second kappa shape index (κ2) is 5.32. The van der Waals surface area contributed by atoms with E-state index in [1.54, 1.807) is 7.11 Å². The lowest BCUT2D eigenvalue weighted by atomic mass is 10.0. The first-order valence-corrected chi connectivity index (χ1v) is 5.81. The Balaban J connectivity index is 1.92. The molecule has 1 N–H and O–H groups in total. The summed E-state index contributed by atoms with van der Waals surface area (Å²) < 4.78 is 5.09. The summed E-state index contributed by atoms with van der Waals surface area (Å²) in [6, 6.07) is 8.59. The predicted octanol–water partition coefficient (Wildman–Crippen LogP) is 1.77. The molecule has 1 atom stereocenters. The van der Waals surface area contributed by atoms with Crippen LogP contribution in [0.1, 0.15) is 11.5 Å². The van der Waals surface area contributed by atoms with Gasteiger partial charge >= 0.3 is 0 Å². The maximum Gasteiger partial charge on any atom is 0.0589 e. The average molecular weight is 220 g/mol. The molecule has 1 unspecified atom stereocenters. The van der Waals surface area contributed by atoms with E-state index in [1.807, 2.05) is 0 Å². The standard InChI is InChI=1S/C13H20N2O/c1-15(7-8-16-2)10-11-9-14-13-6-4-3-5-12(11)13/h3-6,11,14H,7-10H2,1-2H3. The van der Waals surface area contributed by atoms with Crippen LogP contribution >= 0.6 is 0 Å². The summed E-state index contributed by atoms with van der Waals surface area (Å²) in [5.41, 5.74) is 2.75. The molecule has 1 aromatic rings. The number of methoxy groups -OCH3 is 1. The van der Waals surface area contributed by atoms with Crippen molar-refractivity contribution in [3.8, 4) is 0 Å². The molecule has 3 heteroatoms. The number of hydrogen-bond donors (Lipinski definition) is 1. The molecule has 0 amide bonds. The van der Waals surface area contributed by atoms with Crippen molar-refractivity contribution in [1.29, 1.82) is 0 Å². The van der Waals surface area contributed by atoms with Crippen LogP contribution in [0.25, 0.3) is 0 Å². The van der Waals surface area contributed by atoms with Gasteiger partial charge in [-0.05, 0) is 18.7 Å². The Labute approximate surface area is 97.4 Å². The van der Waals surface area contributed by atoms with Gasteiger partial charge in [0.05, 0.1) is 6.61 Å². The van der Waals surface area contributed by atoms with E-state index < -0.39 is 0 Å². The quantitative estimate of drug-likeness (QED) is 0.818. The Morgan fingerprint density at radius 3 is 3.06 bits per heavy atom. The highest BCUT2D eigenvalue weighted by Gasteiger charge is 2.22. The van der Waals surface area contributed by atoms with Crippen molar-refractivity contribution in [3.63, 3.8) is 0 Å². The van der Waals surface area contributed by atoms with Crippen LogP contribution in [0, 0.1) is 0 Å². The molecule has 88 valence electrons. The SMILES string of the molecule is COCCN(C)CC1CNc2ccccc21. The van der Waals surface area contributed by atoms with Gasteiger partial charge in [-0.25, -0.2) is 0 Å². The average Bonchev–Trinajstić information content (AvgIpc) is 2.70. The van der Waals surface area contributed by atoms with Crippen molar-refractivity contribution >= 4 is 5.69 Å². The number of hydrogen-bond acceptors (Lipinski definition) is 3. The van der Waals surface area contributed by atoms with Gasteiger partial charge in [0.2, 0.25) is 0 Å².